The number of esters is 2. The number of hydrogen-bond donors (Lipinski definition) is 1. The lowest BCUT2D eigenvalue weighted by Gasteiger charge is -2.27. The first kappa shape index (κ1) is 24.2. The summed E-state index contributed by atoms with van der Waals surface area (Å²) in [7, 11) is 0. The van der Waals surface area contributed by atoms with E-state index in [9.17, 15) is 9.59 Å². The van der Waals surface area contributed by atoms with Crippen LogP contribution in [0.25, 0.3) is 0 Å². The van der Waals surface area contributed by atoms with Crippen LogP contribution in [-0.2, 0) is 24.5 Å². The normalized spacial score (nSPS) is 15.8. The molecule has 0 fully saturated rings. The van der Waals surface area contributed by atoms with Crippen LogP contribution in [0.4, 0.5) is 5.69 Å². The predicted octanol–water partition coefficient (Wildman–Crippen LogP) is 4.32. The Morgan fingerprint density at radius 2 is 1.88 bits per heavy atom. The number of carbonyl (C=O) groups is 2. The Bertz CT molecular complexity index is 929. The Hall–Kier alpha value is -2.48. The Morgan fingerprint density at radius 1 is 1.22 bits per heavy atom. The summed E-state index contributed by atoms with van der Waals surface area (Å²) < 4.78 is 10.1. The Morgan fingerprint density at radius 3 is 2.47 bits per heavy atom. The number of hydrogen-bond acceptors (Lipinski definition) is 8. The van der Waals surface area contributed by atoms with E-state index in [1.54, 1.807) is 25.6 Å². The molecule has 2 aliphatic rings. The molecule has 1 N–H and O–H groups in total. The van der Waals surface area contributed by atoms with Crippen molar-refractivity contribution in [3.8, 4) is 0 Å². The van der Waals surface area contributed by atoms with Gasteiger partial charge in [0.05, 0.1) is 18.9 Å². The third-order valence-electron chi connectivity index (χ3n) is 5.40. The predicted molar refractivity (Wildman–Crippen MR) is 128 cm³/mol. The molecule has 1 atom stereocenters. The molecule has 0 saturated heterocycles. The van der Waals surface area contributed by atoms with Gasteiger partial charge in [-0.15, -0.1) is 0 Å². The van der Waals surface area contributed by atoms with Gasteiger partial charge in [0, 0.05) is 30.2 Å². The van der Waals surface area contributed by atoms with E-state index >= 15 is 0 Å². The molecule has 2 heterocycles. The number of carbonyl (C=O) groups excluding carboxylic acids is 2. The number of anilines is 1. The summed E-state index contributed by atoms with van der Waals surface area (Å²) in [6.45, 7) is 14.2. The highest BCUT2D eigenvalue weighted by atomic mass is 32.2. The van der Waals surface area contributed by atoms with Gasteiger partial charge in [-0.3, -0.25) is 4.99 Å². The molecule has 1 aromatic rings. The molecule has 1 aromatic carbocycles. The number of nitrogens with zero attached hydrogens (tertiary/aromatic N) is 2. The van der Waals surface area contributed by atoms with Crippen LogP contribution < -0.4 is 10.2 Å². The van der Waals surface area contributed by atoms with Crippen LogP contribution in [-0.4, -0.2) is 43.4 Å². The van der Waals surface area contributed by atoms with Crippen LogP contribution >= 0.6 is 11.8 Å². The van der Waals surface area contributed by atoms with Crippen molar-refractivity contribution in [3.05, 3.63) is 35.0 Å². The molecule has 0 bridgehead atoms. The highest BCUT2D eigenvalue weighted by Crippen LogP contribution is 2.47. The molecular formula is C24H33N3O4S. The zero-order chi connectivity index (χ0) is 23.5. The number of fused-ring (bicyclic) bond motifs is 3. The molecule has 8 heteroatoms. The second kappa shape index (κ2) is 9.98. The van der Waals surface area contributed by atoms with Gasteiger partial charge in [0.25, 0.3) is 0 Å². The quantitative estimate of drug-likeness (QED) is 0.282. The average Bonchev–Trinajstić information content (AvgIpc) is 3.11. The van der Waals surface area contributed by atoms with Gasteiger partial charge in [0.1, 0.15) is 0 Å². The summed E-state index contributed by atoms with van der Waals surface area (Å²) in [5.41, 5.74) is 3.36. The third-order valence-corrected chi connectivity index (χ3v) is 6.58. The minimum Gasteiger partial charge on any atom is -0.462 e. The van der Waals surface area contributed by atoms with E-state index in [1.165, 1.54) is 22.3 Å². The standard InChI is InChI=1S/C24H33N3O4S/c1-7-30-21(28)18(22(29)31-8-2)14-26-15(3)17-12-16(24(4,5)6)13-19-20(17)32-23-25-10-9-11-27(19)23/h12-15,26H,7-11H2,1-6H3. The molecule has 1 unspecified atom stereocenters. The lowest BCUT2D eigenvalue weighted by molar-refractivity contribution is -0.146. The molecule has 0 amide bonds. The van der Waals surface area contributed by atoms with Crippen molar-refractivity contribution < 1.29 is 19.1 Å². The van der Waals surface area contributed by atoms with E-state index in [0.29, 0.717) is 0 Å². The first-order valence-electron chi connectivity index (χ1n) is 11.2. The van der Waals surface area contributed by atoms with Gasteiger partial charge in [-0.25, -0.2) is 9.59 Å². The number of rotatable bonds is 7. The van der Waals surface area contributed by atoms with Crippen molar-refractivity contribution in [2.24, 2.45) is 4.99 Å². The van der Waals surface area contributed by atoms with Crippen molar-refractivity contribution in [3.63, 3.8) is 0 Å². The van der Waals surface area contributed by atoms with Crippen molar-refractivity contribution in [2.75, 3.05) is 31.2 Å². The molecule has 2 aliphatic heterocycles. The number of amidine groups is 1. The molecule has 0 aliphatic carbocycles. The van der Waals surface area contributed by atoms with Crippen LogP contribution in [0.1, 0.15) is 65.1 Å². The van der Waals surface area contributed by atoms with E-state index in [-0.39, 0.29) is 30.2 Å². The van der Waals surface area contributed by atoms with Crippen LogP contribution in [0, 0.1) is 0 Å². The molecule has 174 valence electrons. The van der Waals surface area contributed by atoms with E-state index in [0.717, 1.165) is 30.2 Å². The van der Waals surface area contributed by atoms with E-state index in [2.05, 4.69) is 43.1 Å². The fraction of sp³-hybridized carbons (Fsp3) is 0.542. The van der Waals surface area contributed by atoms with E-state index in [1.807, 2.05) is 6.92 Å². The Balaban J connectivity index is 1.97. The molecule has 0 aromatic heterocycles. The lowest BCUT2D eigenvalue weighted by Crippen LogP contribution is -2.30. The van der Waals surface area contributed by atoms with Crippen LogP contribution in [0.15, 0.2) is 33.8 Å². The molecule has 7 nitrogen and oxygen atoms in total. The monoisotopic (exact) mass is 459 g/mol. The summed E-state index contributed by atoms with van der Waals surface area (Å²) >= 11 is 1.69. The molecule has 3 rings (SSSR count). The van der Waals surface area contributed by atoms with Gasteiger partial charge in [-0.2, -0.15) is 0 Å². The van der Waals surface area contributed by atoms with Crippen LogP contribution in [0.5, 0.6) is 0 Å². The maximum absolute atomic E-state index is 12.3. The number of benzene rings is 1. The van der Waals surface area contributed by atoms with Crippen molar-refractivity contribution in [1.29, 1.82) is 0 Å². The number of thioether (sulfide) groups is 1. The maximum atomic E-state index is 12.3. The van der Waals surface area contributed by atoms with E-state index in [4.69, 9.17) is 14.5 Å². The van der Waals surface area contributed by atoms with Crippen molar-refractivity contribution in [1.82, 2.24) is 5.32 Å². The average molecular weight is 460 g/mol. The SMILES string of the molecule is CCOC(=O)C(=CNC(C)c1cc(C(C)(C)C)cc2c1SC1=NCCCN12)C(=O)OCC. The topological polar surface area (TPSA) is 80.2 Å². The first-order chi connectivity index (χ1) is 15.2. The molecule has 32 heavy (non-hydrogen) atoms. The summed E-state index contributed by atoms with van der Waals surface area (Å²) in [6.07, 6.45) is 2.46. The molecule has 0 radical (unpaired) electrons. The number of nitrogens with one attached hydrogen (secondary N) is 1. The summed E-state index contributed by atoms with van der Waals surface area (Å²) in [4.78, 5) is 32.8. The number of ether oxygens (including phenoxy) is 2. The second-order valence-corrected chi connectivity index (χ2v) is 9.80. The van der Waals surface area contributed by atoms with Gasteiger partial charge in [0.15, 0.2) is 10.7 Å². The van der Waals surface area contributed by atoms with E-state index < -0.39 is 11.9 Å². The van der Waals surface area contributed by atoms with Gasteiger partial charge in [0.2, 0.25) is 0 Å². The fourth-order valence-corrected chi connectivity index (χ4v) is 4.87. The first-order valence-corrected chi connectivity index (χ1v) is 12.0. The largest absolute Gasteiger partial charge is 0.462 e. The molecule has 0 spiro atoms. The summed E-state index contributed by atoms with van der Waals surface area (Å²) in [6, 6.07) is 4.33. The maximum Gasteiger partial charge on any atom is 0.347 e. The number of aliphatic imine (C=N–C) groups is 1. The van der Waals surface area contributed by atoms with Crippen LogP contribution in [0.2, 0.25) is 0 Å². The van der Waals surface area contributed by atoms with Gasteiger partial charge in [-0.1, -0.05) is 26.8 Å². The second-order valence-electron chi connectivity index (χ2n) is 8.82. The minimum atomic E-state index is -0.694. The van der Waals surface area contributed by atoms with Gasteiger partial charge >= 0.3 is 11.9 Å². The Labute approximate surface area is 194 Å². The fourth-order valence-electron chi connectivity index (χ4n) is 3.61. The minimum absolute atomic E-state index is 0.0271. The van der Waals surface area contributed by atoms with Crippen LogP contribution in [0.3, 0.4) is 0 Å². The summed E-state index contributed by atoms with van der Waals surface area (Å²) in [5, 5.41) is 4.27. The van der Waals surface area contributed by atoms with Crippen molar-refractivity contribution in [2.45, 2.75) is 64.3 Å². The zero-order valence-electron chi connectivity index (χ0n) is 19.8. The molecular weight excluding hydrogens is 426 g/mol. The summed E-state index contributed by atoms with van der Waals surface area (Å²) in [5.74, 6) is -1.39. The lowest BCUT2D eigenvalue weighted by atomic mass is 9.85. The highest BCUT2D eigenvalue weighted by Gasteiger charge is 2.33. The van der Waals surface area contributed by atoms with Gasteiger partial charge < -0.3 is 19.7 Å². The zero-order valence-corrected chi connectivity index (χ0v) is 20.6. The third kappa shape index (κ3) is 5.11. The molecule has 0 saturated carbocycles. The smallest absolute Gasteiger partial charge is 0.347 e. The highest BCUT2D eigenvalue weighted by molar-refractivity contribution is 8.14. The van der Waals surface area contributed by atoms with Gasteiger partial charge in [-0.05, 0) is 61.6 Å². The Kier molecular flexibility index (Phi) is 7.54. The van der Waals surface area contributed by atoms with Crippen molar-refractivity contribution >= 4 is 34.6 Å².